The van der Waals surface area contributed by atoms with E-state index in [-0.39, 0.29) is 18.7 Å². The second-order valence-electron chi connectivity index (χ2n) is 4.83. The van der Waals surface area contributed by atoms with E-state index in [9.17, 15) is 14.7 Å². The molecule has 0 saturated carbocycles. The molecule has 10 nitrogen and oxygen atoms in total. The fraction of sp³-hybridized carbons (Fsp3) is 0.636. The van der Waals surface area contributed by atoms with E-state index in [1.165, 1.54) is 11.2 Å². The number of aliphatic hydroxyl groups excluding tert-OH is 2. The Labute approximate surface area is 119 Å². The van der Waals surface area contributed by atoms with Gasteiger partial charge in [0.15, 0.2) is 5.69 Å². The molecule has 2 rings (SSSR count). The first-order chi connectivity index (χ1) is 9.92. The average Bonchev–Trinajstić information content (AvgIpc) is 2.78. The number of rotatable bonds is 4. The van der Waals surface area contributed by atoms with Crippen LogP contribution in [-0.2, 0) is 4.74 Å². The molecule has 0 radical (unpaired) electrons. The van der Waals surface area contributed by atoms with Crippen molar-refractivity contribution in [1.82, 2.24) is 14.6 Å². The number of hydrogen-bond donors (Lipinski definition) is 3. The molecule has 0 aliphatic carbocycles. The van der Waals surface area contributed by atoms with Gasteiger partial charge in [-0.3, -0.25) is 19.4 Å². The third-order valence-corrected chi connectivity index (χ3v) is 2.97. The van der Waals surface area contributed by atoms with Crippen molar-refractivity contribution in [3.05, 3.63) is 27.0 Å². The fourth-order valence-electron chi connectivity index (χ4n) is 1.95. The van der Waals surface area contributed by atoms with Crippen molar-refractivity contribution in [2.45, 2.75) is 24.9 Å². The number of aliphatic hydroxyl groups is 2. The van der Waals surface area contributed by atoms with Crippen molar-refractivity contribution >= 4 is 5.69 Å². The monoisotopic (exact) mass is 299 g/mol. The van der Waals surface area contributed by atoms with Crippen molar-refractivity contribution < 1.29 is 14.9 Å². The minimum Gasteiger partial charge on any atom is -0.394 e. The Morgan fingerprint density at radius 1 is 1.52 bits per heavy atom. The molecule has 1 aliphatic rings. The fourth-order valence-corrected chi connectivity index (χ4v) is 1.95. The van der Waals surface area contributed by atoms with Crippen LogP contribution in [0.25, 0.3) is 0 Å². The van der Waals surface area contributed by atoms with Gasteiger partial charge in [0.2, 0.25) is 0 Å². The van der Waals surface area contributed by atoms with Crippen LogP contribution in [0.1, 0.15) is 12.6 Å². The third-order valence-electron chi connectivity index (χ3n) is 2.97. The molecule has 0 bridgehead atoms. The van der Waals surface area contributed by atoms with Gasteiger partial charge in [-0.05, 0) is 0 Å². The normalized spacial score (nSPS) is 25.6. The lowest BCUT2D eigenvalue weighted by atomic mass is 10.2. The van der Waals surface area contributed by atoms with Crippen molar-refractivity contribution in [2.24, 2.45) is 10.3 Å². The minimum absolute atomic E-state index is 0.0613. The van der Waals surface area contributed by atoms with Crippen molar-refractivity contribution in [3.8, 4) is 0 Å². The lowest BCUT2D eigenvalue weighted by Crippen LogP contribution is -2.32. The maximum absolute atomic E-state index is 11.8. The second kappa shape index (κ2) is 6.16. The summed E-state index contributed by atoms with van der Waals surface area (Å²) >= 11 is 0. The predicted octanol–water partition coefficient (Wildman–Crippen LogP) is -1.26. The molecule has 2 heterocycles. The van der Waals surface area contributed by atoms with E-state index in [4.69, 9.17) is 9.84 Å². The van der Waals surface area contributed by atoms with Crippen LogP contribution in [0.15, 0.2) is 26.1 Å². The van der Waals surface area contributed by atoms with Crippen LogP contribution in [0.5, 0.6) is 0 Å². The largest absolute Gasteiger partial charge is 0.394 e. The van der Waals surface area contributed by atoms with Gasteiger partial charge in [0.25, 0.3) is 5.56 Å². The van der Waals surface area contributed by atoms with Gasteiger partial charge in [0, 0.05) is 26.7 Å². The molecular weight excluding hydrogens is 282 g/mol. The first kappa shape index (κ1) is 15.4. The molecule has 1 fully saturated rings. The summed E-state index contributed by atoms with van der Waals surface area (Å²) in [6.45, 7) is -0.358. The van der Waals surface area contributed by atoms with Crippen LogP contribution >= 0.6 is 0 Å². The maximum Gasteiger partial charge on any atom is 0.330 e. The summed E-state index contributed by atoms with van der Waals surface area (Å²) in [7, 11) is 3.27. The molecular formula is C11H17N5O5. The number of ether oxygens (including phenoxy) is 1. The van der Waals surface area contributed by atoms with Gasteiger partial charge in [-0.15, -0.1) is 5.11 Å². The molecule has 0 spiro atoms. The summed E-state index contributed by atoms with van der Waals surface area (Å²) in [4.78, 5) is 25.6. The highest BCUT2D eigenvalue weighted by molar-refractivity contribution is 5.28. The predicted molar refractivity (Wildman–Crippen MR) is 71.1 cm³/mol. The number of H-pyrrole nitrogens is 1. The summed E-state index contributed by atoms with van der Waals surface area (Å²) in [5, 5.41) is 27.5. The first-order valence-corrected chi connectivity index (χ1v) is 6.31. The lowest BCUT2D eigenvalue weighted by Gasteiger charge is -2.14. The molecule has 10 heteroatoms. The molecule has 3 unspecified atom stereocenters. The Morgan fingerprint density at radius 2 is 2.24 bits per heavy atom. The molecule has 21 heavy (non-hydrogen) atoms. The topological polar surface area (TPSA) is 133 Å². The average molecular weight is 299 g/mol. The Bertz CT molecular complexity index is 637. The van der Waals surface area contributed by atoms with Gasteiger partial charge in [-0.2, -0.15) is 0 Å². The molecule has 1 aliphatic heterocycles. The van der Waals surface area contributed by atoms with E-state index < -0.39 is 29.7 Å². The smallest absolute Gasteiger partial charge is 0.330 e. The quantitative estimate of drug-likeness (QED) is 0.469. The van der Waals surface area contributed by atoms with E-state index in [0.717, 1.165) is 4.57 Å². The summed E-state index contributed by atoms with van der Waals surface area (Å²) in [5.74, 6) is 0. The lowest BCUT2D eigenvalue weighted by molar-refractivity contribution is -0.0458. The number of nitrogens with one attached hydrogen (secondary N) is 1. The van der Waals surface area contributed by atoms with Crippen molar-refractivity contribution in [1.29, 1.82) is 0 Å². The zero-order chi connectivity index (χ0) is 15.6. The van der Waals surface area contributed by atoms with E-state index >= 15 is 0 Å². The van der Waals surface area contributed by atoms with Crippen LogP contribution < -0.4 is 11.2 Å². The zero-order valence-electron chi connectivity index (χ0n) is 11.6. The van der Waals surface area contributed by atoms with Gasteiger partial charge in [-0.25, -0.2) is 4.79 Å². The summed E-state index contributed by atoms with van der Waals surface area (Å²) in [5.41, 5.74) is -1.41. The molecule has 3 atom stereocenters. The van der Waals surface area contributed by atoms with Crippen LogP contribution in [0.2, 0.25) is 0 Å². The molecule has 0 aromatic carbocycles. The summed E-state index contributed by atoms with van der Waals surface area (Å²) in [6.07, 6.45) is -1.09. The Balaban J connectivity index is 2.34. The molecule has 1 saturated heterocycles. The minimum atomic E-state index is -0.884. The van der Waals surface area contributed by atoms with Crippen molar-refractivity contribution in [2.75, 3.05) is 20.7 Å². The maximum atomic E-state index is 11.8. The highest BCUT2D eigenvalue weighted by Gasteiger charge is 2.35. The SMILES string of the molecule is CN(C)N=Nc1cn(C2CC(O)C(CO)O2)c(=O)[nH]c1=O. The highest BCUT2D eigenvalue weighted by Crippen LogP contribution is 2.27. The standard InChI is InChI=1S/C11H17N5O5/c1-15(2)14-13-6-4-16(11(20)12-10(6)19)9-3-7(18)8(5-17)21-9/h4,7-9,17-18H,3,5H2,1-2H3,(H,12,19,20). The number of aromatic nitrogens is 2. The zero-order valence-corrected chi connectivity index (χ0v) is 11.6. The molecule has 3 N–H and O–H groups in total. The van der Waals surface area contributed by atoms with E-state index in [1.807, 2.05) is 0 Å². The highest BCUT2D eigenvalue weighted by atomic mass is 16.5. The molecule has 1 aromatic rings. The number of nitrogens with zero attached hydrogens (tertiary/aromatic N) is 4. The van der Waals surface area contributed by atoms with Gasteiger partial charge >= 0.3 is 5.69 Å². The first-order valence-electron chi connectivity index (χ1n) is 6.31. The Hall–Kier alpha value is -2.04. The van der Waals surface area contributed by atoms with Gasteiger partial charge in [0.05, 0.1) is 12.7 Å². The van der Waals surface area contributed by atoms with Crippen LogP contribution in [0.3, 0.4) is 0 Å². The van der Waals surface area contributed by atoms with E-state index in [1.54, 1.807) is 14.1 Å². The van der Waals surface area contributed by atoms with Crippen LogP contribution in [0, 0.1) is 0 Å². The summed E-state index contributed by atoms with van der Waals surface area (Å²) < 4.78 is 6.48. The molecule has 0 amide bonds. The summed E-state index contributed by atoms with van der Waals surface area (Å²) in [6, 6.07) is 0. The third kappa shape index (κ3) is 3.35. The molecule has 116 valence electrons. The van der Waals surface area contributed by atoms with Gasteiger partial charge < -0.3 is 14.9 Å². The van der Waals surface area contributed by atoms with E-state index in [0.29, 0.717) is 0 Å². The van der Waals surface area contributed by atoms with E-state index in [2.05, 4.69) is 15.3 Å². The number of hydrogen-bond acceptors (Lipinski definition) is 7. The van der Waals surface area contributed by atoms with Gasteiger partial charge in [0.1, 0.15) is 12.3 Å². The van der Waals surface area contributed by atoms with Crippen LogP contribution in [0.4, 0.5) is 5.69 Å². The Morgan fingerprint density at radius 3 is 2.81 bits per heavy atom. The number of aromatic amines is 1. The molecule has 1 aromatic heterocycles. The Kier molecular flexibility index (Phi) is 4.50. The second-order valence-corrected chi connectivity index (χ2v) is 4.83. The van der Waals surface area contributed by atoms with Gasteiger partial charge in [-0.1, -0.05) is 5.22 Å². The van der Waals surface area contributed by atoms with Crippen LogP contribution in [-0.4, -0.2) is 57.7 Å². The van der Waals surface area contributed by atoms with Crippen molar-refractivity contribution in [3.63, 3.8) is 0 Å².